The number of likely N-dealkylation sites (tertiary alicyclic amines) is 1. The van der Waals surface area contributed by atoms with Crippen LogP contribution in [0.3, 0.4) is 0 Å². The van der Waals surface area contributed by atoms with Crippen LogP contribution in [0.4, 0.5) is 4.79 Å². The normalized spacial score (nSPS) is 22.9. The van der Waals surface area contributed by atoms with E-state index in [-0.39, 0.29) is 5.92 Å². The highest BCUT2D eigenvalue weighted by Crippen LogP contribution is 2.16. The van der Waals surface area contributed by atoms with Crippen molar-refractivity contribution in [2.75, 3.05) is 13.1 Å². The Morgan fingerprint density at radius 3 is 3.00 bits per heavy atom. The number of nitrogens with zero attached hydrogens (tertiary/aromatic N) is 2. The minimum Gasteiger partial charge on any atom is -0.465 e. The van der Waals surface area contributed by atoms with Crippen LogP contribution in [0, 0.1) is 17.2 Å². The predicted molar refractivity (Wildman–Crippen MR) is 42.5 cm³/mol. The molecule has 1 aliphatic heterocycles. The molecule has 12 heavy (non-hydrogen) atoms. The standard InChI is InChI=1S/C8H10N2O2/c9-4-1-2-7-3-5-10(6-7)8(11)12/h1-2,7H,3,5-6H2,(H,11,12)/b2-1+. The topological polar surface area (TPSA) is 64.3 Å². The zero-order chi connectivity index (χ0) is 8.97. The van der Waals surface area contributed by atoms with Crippen LogP contribution in [-0.2, 0) is 0 Å². The van der Waals surface area contributed by atoms with E-state index in [0.717, 1.165) is 6.42 Å². The van der Waals surface area contributed by atoms with Gasteiger partial charge < -0.3 is 10.0 Å². The van der Waals surface area contributed by atoms with E-state index >= 15 is 0 Å². The Morgan fingerprint density at radius 2 is 2.50 bits per heavy atom. The number of nitriles is 1. The zero-order valence-electron chi connectivity index (χ0n) is 6.60. The average molecular weight is 166 g/mol. The molecule has 0 saturated carbocycles. The molecule has 0 aromatic carbocycles. The molecule has 0 radical (unpaired) electrons. The fourth-order valence-electron chi connectivity index (χ4n) is 1.30. The number of carboxylic acid groups (broad SMARTS) is 1. The summed E-state index contributed by atoms with van der Waals surface area (Å²) in [5.74, 6) is 0.223. The first-order chi connectivity index (χ1) is 5.74. The highest BCUT2D eigenvalue weighted by Gasteiger charge is 2.23. The summed E-state index contributed by atoms with van der Waals surface area (Å²) in [6, 6.07) is 1.89. The van der Waals surface area contributed by atoms with Gasteiger partial charge in [-0.25, -0.2) is 4.79 Å². The van der Waals surface area contributed by atoms with Crippen LogP contribution in [0.25, 0.3) is 0 Å². The summed E-state index contributed by atoms with van der Waals surface area (Å²) < 4.78 is 0. The molecule has 0 bridgehead atoms. The van der Waals surface area contributed by atoms with E-state index in [4.69, 9.17) is 10.4 Å². The number of hydrogen-bond donors (Lipinski definition) is 1. The van der Waals surface area contributed by atoms with Gasteiger partial charge in [-0.2, -0.15) is 5.26 Å². The molecule has 0 aromatic heterocycles. The van der Waals surface area contributed by atoms with Gasteiger partial charge in [0.25, 0.3) is 0 Å². The van der Waals surface area contributed by atoms with Gasteiger partial charge in [-0.3, -0.25) is 0 Å². The largest absolute Gasteiger partial charge is 0.465 e. The van der Waals surface area contributed by atoms with E-state index in [1.54, 1.807) is 6.08 Å². The van der Waals surface area contributed by atoms with Gasteiger partial charge in [-0.05, 0) is 12.3 Å². The SMILES string of the molecule is N#C/C=C/C1CCN(C(=O)O)C1. The van der Waals surface area contributed by atoms with Crippen LogP contribution in [-0.4, -0.2) is 29.2 Å². The smallest absolute Gasteiger partial charge is 0.407 e. The third kappa shape index (κ3) is 1.99. The van der Waals surface area contributed by atoms with E-state index in [1.165, 1.54) is 11.0 Å². The number of allylic oxidation sites excluding steroid dienone is 1. The lowest BCUT2D eigenvalue weighted by molar-refractivity contribution is 0.155. The molecule has 1 unspecified atom stereocenters. The Labute approximate surface area is 70.7 Å². The first kappa shape index (κ1) is 8.60. The number of rotatable bonds is 1. The minimum atomic E-state index is -0.872. The zero-order valence-corrected chi connectivity index (χ0v) is 6.60. The average Bonchev–Trinajstić information content (AvgIpc) is 2.48. The molecule has 0 aliphatic carbocycles. The molecular weight excluding hydrogens is 156 g/mol. The summed E-state index contributed by atoms with van der Waals surface area (Å²) in [6.07, 6.45) is 3.13. The van der Waals surface area contributed by atoms with Crippen LogP contribution in [0.2, 0.25) is 0 Å². The van der Waals surface area contributed by atoms with Crippen LogP contribution < -0.4 is 0 Å². The van der Waals surface area contributed by atoms with Crippen molar-refractivity contribution in [3.63, 3.8) is 0 Å². The second-order valence-corrected chi connectivity index (χ2v) is 2.77. The molecule has 0 aromatic rings. The van der Waals surface area contributed by atoms with Gasteiger partial charge in [0.05, 0.1) is 6.07 Å². The summed E-state index contributed by atoms with van der Waals surface area (Å²) in [5.41, 5.74) is 0. The van der Waals surface area contributed by atoms with Gasteiger partial charge in [0.1, 0.15) is 0 Å². The maximum absolute atomic E-state index is 10.5. The van der Waals surface area contributed by atoms with Crippen LogP contribution in [0.5, 0.6) is 0 Å². The van der Waals surface area contributed by atoms with Crippen LogP contribution >= 0.6 is 0 Å². The summed E-state index contributed by atoms with van der Waals surface area (Å²) in [6.45, 7) is 1.10. The molecule has 4 nitrogen and oxygen atoms in total. The van der Waals surface area contributed by atoms with Crippen molar-refractivity contribution in [3.05, 3.63) is 12.2 Å². The molecule has 1 amide bonds. The Hall–Kier alpha value is -1.50. The van der Waals surface area contributed by atoms with Crippen molar-refractivity contribution >= 4 is 6.09 Å². The minimum absolute atomic E-state index is 0.223. The van der Waals surface area contributed by atoms with Gasteiger partial charge in [0.15, 0.2) is 0 Å². The highest BCUT2D eigenvalue weighted by molar-refractivity contribution is 5.65. The molecule has 1 fully saturated rings. The highest BCUT2D eigenvalue weighted by atomic mass is 16.4. The Balaban J connectivity index is 2.41. The predicted octanol–water partition coefficient (Wildman–Crippen LogP) is 1.07. The van der Waals surface area contributed by atoms with Gasteiger partial charge >= 0.3 is 6.09 Å². The fraction of sp³-hybridized carbons (Fsp3) is 0.500. The number of carbonyl (C=O) groups is 1. The van der Waals surface area contributed by atoms with Crippen molar-refractivity contribution < 1.29 is 9.90 Å². The van der Waals surface area contributed by atoms with Crippen molar-refractivity contribution in [1.82, 2.24) is 4.90 Å². The van der Waals surface area contributed by atoms with Gasteiger partial charge in [-0.15, -0.1) is 0 Å². The molecule has 64 valence electrons. The van der Waals surface area contributed by atoms with E-state index < -0.39 is 6.09 Å². The second kappa shape index (κ2) is 3.77. The Morgan fingerprint density at radius 1 is 1.75 bits per heavy atom. The molecule has 1 saturated heterocycles. The molecule has 0 spiro atoms. The van der Waals surface area contributed by atoms with Gasteiger partial charge in [0, 0.05) is 19.2 Å². The number of hydrogen-bond acceptors (Lipinski definition) is 2. The van der Waals surface area contributed by atoms with E-state index in [2.05, 4.69) is 0 Å². The van der Waals surface area contributed by atoms with Crippen molar-refractivity contribution in [2.24, 2.45) is 5.92 Å². The van der Waals surface area contributed by atoms with E-state index in [0.29, 0.717) is 13.1 Å². The maximum atomic E-state index is 10.5. The lowest BCUT2D eigenvalue weighted by atomic mass is 10.1. The second-order valence-electron chi connectivity index (χ2n) is 2.77. The van der Waals surface area contributed by atoms with E-state index in [9.17, 15) is 4.79 Å². The molecule has 1 aliphatic rings. The monoisotopic (exact) mass is 166 g/mol. The molecular formula is C8H10N2O2. The van der Waals surface area contributed by atoms with Crippen molar-refractivity contribution in [3.8, 4) is 6.07 Å². The fourth-order valence-corrected chi connectivity index (χ4v) is 1.30. The molecule has 1 N–H and O–H groups in total. The van der Waals surface area contributed by atoms with Crippen molar-refractivity contribution in [2.45, 2.75) is 6.42 Å². The number of amides is 1. The first-order valence-electron chi connectivity index (χ1n) is 3.78. The maximum Gasteiger partial charge on any atom is 0.407 e. The first-order valence-corrected chi connectivity index (χ1v) is 3.78. The summed E-state index contributed by atoms with van der Waals surface area (Å²) >= 11 is 0. The molecule has 4 heteroatoms. The lowest BCUT2D eigenvalue weighted by Crippen LogP contribution is -2.26. The summed E-state index contributed by atoms with van der Waals surface area (Å²) in [7, 11) is 0. The summed E-state index contributed by atoms with van der Waals surface area (Å²) in [4.78, 5) is 11.8. The van der Waals surface area contributed by atoms with Crippen LogP contribution in [0.15, 0.2) is 12.2 Å². The molecule has 1 heterocycles. The molecule has 1 atom stereocenters. The van der Waals surface area contributed by atoms with E-state index in [1.807, 2.05) is 6.07 Å². The van der Waals surface area contributed by atoms with Crippen LogP contribution in [0.1, 0.15) is 6.42 Å². The van der Waals surface area contributed by atoms with Gasteiger partial charge in [-0.1, -0.05) is 6.08 Å². The molecule has 1 rings (SSSR count). The summed E-state index contributed by atoms with van der Waals surface area (Å²) in [5, 5.41) is 16.8. The Kier molecular flexibility index (Phi) is 2.70. The quantitative estimate of drug-likeness (QED) is 0.592. The van der Waals surface area contributed by atoms with Gasteiger partial charge in [0.2, 0.25) is 0 Å². The third-order valence-corrected chi connectivity index (χ3v) is 1.94. The van der Waals surface area contributed by atoms with Crippen molar-refractivity contribution in [1.29, 1.82) is 5.26 Å². The third-order valence-electron chi connectivity index (χ3n) is 1.94. The lowest BCUT2D eigenvalue weighted by Gasteiger charge is -2.09. The Bertz CT molecular complexity index is 242.